The minimum Gasteiger partial charge on any atom is -0.259 e. The fourth-order valence-electron chi connectivity index (χ4n) is 1.91. The van der Waals surface area contributed by atoms with Gasteiger partial charge >= 0.3 is 0 Å². The Morgan fingerprint density at radius 2 is 1.86 bits per heavy atom. The van der Waals surface area contributed by atoms with Crippen molar-refractivity contribution in [2.45, 2.75) is 0 Å². The summed E-state index contributed by atoms with van der Waals surface area (Å²) in [5.41, 5.74) is 3.88. The first-order valence-electron chi connectivity index (χ1n) is 6.19. The zero-order chi connectivity index (χ0) is 14.7. The van der Waals surface area contributed by atoms with E-state index in [0.29, 0.717) is 11.0 Å². The van der Waals surface area contributed by atoms with Crippen molar-refractivity contribution in [2.75, 3.05) is 5.43 Å². The van der Waals surface area contributed by atoms with Crippen LogP contribution in [0.4, 0.5) is 5.82 Å². The Labute approximate surface area is 135 Å². The fourth-order valence-corrected chi connectivity index (χ4v) is 2.53. The number of hydrazone groups is 1. The van der Waals surface area contributed by atoms with E-state index in [1.54, 1.807) is 6.21 Å². The van der Waals surface area contributed by atoms with Gasteiger partial charge in [-0.05, 0) is 17.7 Å². The van der Waals surface area contributed by atoms with Crippen molar-refractivity contribution in [1.82, 2.24) is 10.2 Å². The van der Waals surface area contributed by atoms with Crippen molar-refractivity contribution in [1.29, 1.82) is 0 Å². The molecule has 0 saturated carbocycles. The number of halogens is 2. The van der Waals surface area contributed by atoms with E-state index in [1.807, 2.05) is 48.5 Å². The van der Waals surface area contributed by atoms with Crippen LogP contribution in [0.3, 0.4) is 0 Å². The molecule has 6 heteroatoms. The van der Waals surface area contributed by atoms with Crippen molar-refractivity contribution in [2.24, 2.45) is 5.10 Å². The summed E-state index contributed by atoms with van der Waals surface area (Å²) in [6.07, 6.45) is 1.72. The topological polar surface area (TPSA) is 50.2 Å². The minimum atomic E-state index is 0.382. The maximum atomic E-state index is 6.03. The van der Waals surface area contributed by atoms with Gasteiger partial charge in [0.2, 0.25) is 0 Å². The Hall–Kier alpha value is -1.98. The Kier molecular flexibility index (Phi) is 4.13. The first-order chi connectivity index (χ1) is 10.2. The SMILES string of the molecule is Clc1nnc(NN=Cc2cccc(Br)c2)c2ccccc12. The zero-order valence-corrected chi connectivity index (χ0v) is 13.1. The maximum absolute atomic E-state index is 6.03. The van der Waals surface area contributed by atoms with Crippen LogP contribution in [0.5, 0.6) is 0 Å². The summed E-state index contributed by atoms with van der Waals surface area (Å²) in [5.74, 6) is 0.571. The molecule has 0 bridgehead atoms. The third-order valence-electron chi connectivity index (χ3n) is 2.87. The molecule has 0 aliphatic rings. The average molecular weight is 362 g/mol. The van der Waals surface area contributed by atoms with Gasteiger partial charge in [0.15, 0.2) is 11.0 Å². The van der Waals surface area contributed by atoms with Crippen LogP contribution in [0.15, 0.2) is 58.1 Å². The third kappa shape index (κ3) is 3.20. The summed E-state index contributed by atoms with van der Waals surface area (Å²) in [6, 6.07) is 15.5. The van der Waals surface area contributed by atoms with E-state index in [1.165, 1.54) is 0 Å². The molecule has 0 amide bonds. The van der Waals surface area contributed by atoms with Crippen LogP contribution in [-0.2, 0) is 0 Å². The third-order valence-corrected chi connectivity index (χ3v) is 3.65. The van der Waals surface area contributed by atoms with Gasteiger partial charge in [-0.3, -0.25) is 5.43 Å². The van der Waals surface area contributed by atoms with Crippen LogP contribution < -0.4 is 5.43 Å². The van der Waals surface area contributed by atoms with Gasteiger partial charge in [0.1, 0.15) is 0 Å². The number of nitrogens with zero attached hydrogens (tertiary/aromatic N) is 3. The average Bonchev–Trinajstić information content (AvgIpc) is 2.50. The molecule has 0 saturated heterocycles. The molecule has 0 aliphatic carbocycles. The number of rotatable bonds is 3. The van der Waals surface area contributed by atoms with Crippen LogP contribution in [0.2, 0.25) is 5.15 Å². The number of fused-ring (bicyclic) bond motifs is 1. The van der Waals surface area contributed by atoms with Crippen molar-refractivity contribution < 1.29 is 0 Å². The van der Waals surface area contributed by atoms with Crippen LogP contribution in [0.25, 0.3) is 10.8 Å². The Balaban J connectivity index is 1.87. The van der Waals surface area contributed by atoms with E-state index in [4.69, 9.17) is 11.6 Å². The normalized spacial score (nSPS) is 11.1. The van der Waals surface area contributed by atoms with E-state index < -0.39 is 0 Å². The van der Waals surface area contributed by atoms with Gasteiger partial charge in [0, 0.05) is 15.2 Å². The number of benzene rings is 2. The fraction of sp³-hybridized carbons (Fsp3) is 0. The predicted molar refractivity (Wildman–Crippen MR) is 89.9 cm³/mol. The molecule has 3 aromatic rings. The number of nitrogens with one attached hydrogen (secondary N) is 1. The summed E-state index contributed by atoms with van der Waals surface area (Å²) < 4.78 is 1.00. The molecule has 3 rings (SSSR count). The zero-order valence-electron chi connectivity index (χ0n) is 10.8. The predicted octanol–water partition coefficient (Wildman–Crippen LogP) is 4.49. The second-order valence-corrected chi connectivity index (χ2v) is 5.58. The Morgan fingerprint density at radius 3 is 2.67 bits per heavy atom. The molecule has 2 aromatic carbocycles. The number of anilines is 1. The monoisotopic (exact) mass is 360 g/mol. The molecule has 104 valence electrons. The highest BCUT2D eigenvalue weighted by molar-refractivity contribution is 9.10. The van der Waals surface area contributed by atoms with Crippen LogP contribution in [-0.4, -0.2) is 16.4 Å². The van der Waals surface area contributed by atoms with Crippen molar-refractivity contribution in [3.63, 3.8) is 0 Å². The largest absolute Gasteiger partial charge is 0.259 e. The van der Waals surface area contributed by atoms with Gasteiger partial charge in [-0.25, -0.2) is 0 Å². The summed E-state index contributed by atoms with van der Waals surface area (Å²) in [5, 5.41) is 14.3. The molecule has 0 aliphatic heterocycles. The number of hydrogen-bond acceptors (Lipinski definition) is 4. The molecule has 21 heavy (non-hydrogen) atoms. The second kappa shape index (κ2) is 6.20. The van der Waals surface area contributed by atoms with Gasteiger partial charge in [-0.2, -0.15) is 5.10 Å². The summed E-state index contributed by atoms with van der Waals surface area (Å²) >= 11 is 9.45. The Morgan fingerprint density at radius 1 is 1.05 bits per heavy atom. The molecule has 0 unspecified atom stereocenters. The lowest BCUT2D eigenvalue weighted by molar-refractivity contribution is 1.04. The summed E-state index contributed by atoms with van der Waals surface area (Å²) in [7, 11) is 0. The molecule has 0 spiro atoms. The molecular formula is C15H10BrClN4. The molecule has 0 radical (unpaired) electrons. The van der Waals surface area contributed by atoms with Crippen LogP contribution in [0, 0.1) is 0 Å². The number of aromatic nitrogens is 2. The molecule has 1 aromatic heterocycles. The highest BCUT2D eigenvalue weighted by Gasteiger charge is 2.05. The van der Waals surface area contributed by atoms with Crippen molar-refractivity contribution >= 4 is 50.3 Å². The second-order valence-electron chi connectivity index (χ2n) is 4.31. The molecule has 1 N–H and O–H groups in total. The quantitative estimate of drug-likeness (QED) is 0.552. The standard InChI is InChI=1S/C15H10BrClN4/c16-11-5-3-4-10(8-11)9-18-20-15-13-7-2-1-6-12(13)14(17)19-21-15/h1-9H,(H,20,21). The number of hydrogen-bond donors (Lipinski definition) is 1. The van der Waals surface area contributed by atoms with E-state index in [0.717, 1.165) is 20.8 Å². The first kappa shape index (κ1) is 14.0. The van der Waals surface area contributed by atoms with Crippen LogP contribution in [0.1, 0.15) is 5.56 Å². The van der Waals surface area contributed by atoms with Gasteiger partial charge < -0.3 is 0 Å². The van der Waals surface area contributed by atoms with E-state index >= 15 is 0 Å². The Bertz CT molecular complexity index is 820. The van der Waals surface area contributed by atoms with E-state index in [-0.39, 0.29) is 0 Å². The lowest BCUT2D eigenvalue weighted by Crippen LogP contribution is -1.97. The lowest BCUT2D eigenvalue weighted by Gasteiger charge is -2.04. The van der Waals surface area contributed by atoms with Gasteiger partial charge in [-0.1, -0.05) is 63.9 Å². The summed E-state index contributed by atoms with van der Waals surface area (Å²) in [4.78, 5) is 0. The molecular weight excluding hydrogens is 352 g/mol. The first-order valence-corrected chi connectivity index (χ1v) is 7.37. The molecule has 1 heterocycles. The van der Waals surface area contributed by atoms with Gasteiger partial charge in [0.25, 0.3) is 0 Å². The highest BCUT2D eigenvalue weighted by atomic mass is 79.9. The van der Waals surface area contributed by atoms with Crippen molar-refractivity contribution in [3.05, 3.63) is 63.7 Å². The molecule has 0 atom stereocenters. The van der Waals surface area contributed by atoms with Crippen molar-refractivity contribution in [3.8, 4) is 0 Å². The highest BCUT2D eigenvalue weighted by Crippen LogP contribution is 2.25. The maximum Gasteiger partial charge on any atom is 0.176 e. The van der Waals surface area contributed by atoms with E-state index in [9.17, 15) is 0 Å². The van der Waals surface area contributed by atoms with Gasteiger partial charge in [-0.15, -0.1) is 10.2 Å². The minimum absolute atomic E-state index is 0.382. The summed E-state index contributed by atoms with van der Waals surface area (Å²) in [6.45, 7) is 0. The van der Waals surface area contributed by atoms with Gasteiger partial charge in [0.05, 0.1) is 6.21 Å². The lowest BCUT2D eigenvalue weighted by atomic mass is 10.2. The molecule has 4 nitrogen and oxygen atoms in total. The smallest absolute Gasteiger partial charge is 0.176 e. The van der Waals surface area contributed by atoms with Crippen LogP contribution >= 0.6 is 27.5 Å². The molecule has 0 fully saturated rings. The van der Waals surface area contributed by atoms with E-state index in [2.05, 4.69) is 36.7 Å².